The highest BCUT2D eigenvalue weighted by molar-refractivity contribution is 5.24. The Bertz CT molecular complexity index is 358. The van der Waals surface area contributed by atoms with Gasteiger partial charge in [-0.25, -0.2) is 0 Å². The molecule has 0 saturated carbocycles. The summed E-state index contributed by atoms with van der Waals surface area (Å²) in [4.78, 5) is 2.24. The Hall–Kier alpha value is -0.870. The lowest BCUT2D eigenvalue weighted by Gasteiger charge is -2.17. The van der Waals surface area contributed by atoms with E-state index < -0.39 is 0 Å². The maximum Gasteiger partial charge on any atom is 0.0641 e. The van der Waals surface area contributed by atoms with Crippen molar-refractivity contribution < 1.29 is 5.11 Å². The van der Waals surface area contributed by atoms with Crippen molar-refractivity contribution in [2.24, 2.45) is 0 Å². The highest BCUT2D eigenvalue weighted by Gasteiger charge is 2.12. The van der Waals surface area contributed by atoms with Crippen molar-refractivity contribution in [3.8, 4) is 0 Å². The average molecular weight is 239 g/mol. The average Bonchev–Trinajstić information content (AvgIpc) is 2.53. The number of hydrogen-bond acceptors (Lipinski definition) is 3. The fourth-order valence-corrected chi connectivity index (χ4v) is 2.03. The Morgan fingerprint density at radius 1 is 1.41 bits per heavy atom. The van der Waals surface area contributed by atoms with Gasteiger partial charge in [-0.15, -0.1) is 0 Å². The van der Waals surface area contributed by atoms with Crippen molar-refractivity contribution >= 4 is 0 Å². The molecule has 4 heteroatoms. The summed E-state index contributed by atoms with van der Waals surface area (Å²) in [6, 6.07) is 0. The van der Waals surface area contributed by atoms with Crippen LogP contribution in [0.2, 0.25) is 0 Å². The van der Waals surface area contributed by atoms with E-state index in [-0.39, 0.29) is 6.10 Å². The van der Waals surface area contributed by atoms with Crippen LogP contribution in [0, 0.1) is 13.8 Å². The van der Waals surface area contributed by atoms with Gasteiger partial charge in [-0.3, -0.25) is 4.68 Å². The van der Waals surface area contributed by atoms with Crippen LogP contribution in [0.25, 0.3) is 0 Å². The lowest BCUT2D eigenvalue weighted by atomic mass is 10.2. The number of rotatable bonds is 6. The standard InChI is InChI=1S/C13H25N3O/c1-6-16-12(4)13(11(3)14-16)9-15(5)8-7-10(2)17/h10,17H,6-9H2,1-5H3. The second kappa shape index (κ2) is 6.17. The topological polar surface area (TPSA) is 41.3 Å². The van der Waals surface area contributed by atoms with E-state index in [1.807, 2.05) is 11.6 Å². The number of aliphatic hydroxyl groups excluding tert-OH is 1. The molecule has 0 saturated heterocycles. The third kappa shape index (κ3) is 3.82. The van der Waals surface area contributed by atoms with Crippen LogP contribution in [-0.4, -0.2) is 39.5 Å². The molecule has 1 unspecified atom stereocenters. The van der Waals surface area contributed by atoms with Gasteiger partial charge in [-0.1, -0.05) is 0 Å². The van der Waals surface area contributed by atoms with E-state index in [2.05, 4.69) is 37.8 Å². The predicted octanol–water partition coefficient (Wildman–Crippen LogP) is 1.72. The third-order valence-corrected chi connectivity index (χ3v) is 3.19. The molecule has 0 fully saturated rings. The van der Waals surface area contributed by atoms with Gasteiger partial charge in [-0.05, 0) is 41.2 Å². The molecule has 1 N–H and O–H groups in total. The zero-order valence-electron chi connectivity index (χ0n) is 11.7. The first-order chi connectivity index (χ1) is 7.95. The number of aliphatic hydroxyl groups is 1. The molecule has 0 spiro atoms. The first-order valence-electron chi connectivity index (χ1n) is 6.35. The zero-order chi connectivity index (χ0) is 13.0. The first kappa shape index (κ1) is 14.2. The highest BCUT2D eigenvalue weighted by Crippen LogP contribution is 2.15. The molecule has 0 aliphatic heterocycles. The predicted molar refractivity (Wildman–Crippen MR) is 70.0 cm³/mol. The maximum atomic E-state index is 9.28. The fourth-order valence-electron chi connectivity index (χ4n) is 2.03. The highest BCUT2D eigenvalue weighted by atomic mass is 16.3. The molecule has 1 heterocycles. The van der Waals surface area contributed by atoms with Gasteiger partial charge < -0.3 is 10.0 Å². The third-order valence-electron chi connectivity index (χ3n) is 3.19. The largest absolute Gasteiger partial charge is 0.393 e. The molecule has 0 aromatic carbocycles. The van der Waals surface area contributed by atoms with Crippen LogP contribution in [0.5, 0.6) is 0 Å². The van der Waals surface area contributed by atoms with E-state index in [1.54, 1.807) is 0 Å². The minimum absolute atomic E-state index is 0.224. The summed E-state index contributed by atoms with van der Waals surface area (Å²) in [5.74, 6) is 0. The molecule has 1 rings (SSSR count). The second-order valence-electron chi connectivity index (χ2n) is 4.84. The minimum atomic E-state index is -0.224. The lowest BCUT2D eigenvalue weighted by Crippen LogP contribution is -2.22. The van der Waals surface area contributed by atoms with Crippen molar-refractivity contribution in [1.82, 2.24) is 14.7 Å². The van der Waals surface area contributed by atoms with Crippen molar-refractivity contribution in [3.63, 3.8) is 0 Å². The molecule has 0 bridgehead atoms. The summed E-state index contributed by atoms with van der Waals surface area (Å²) in [7, 11) is 2.09. The molecule has 0 aliphatic carbocycles. The molecular formula is C13H25N3O. The number of aromatic nitrogens is 2. The quantitative estimate of drug-likeness (QED) is 0.822. The van der Waals surface area contributed by atoms with Gasteiger partial charge in [0, 0.05) is 30.9 Å². The van der Waals surface area contributed by atoms with E-state index in [9.17, 15) is 5.11 Å². The van der Waals surface area contributed by atoms with Gasteiger partial charge >= 0.3 is 0 Å². The Kier molecular flexibility index (Phi) is 5.15. The van der Waals surface area contributed by atoms with E-state index in [0.717, 1.165) is 31.7 Å². The Morgan fingerprint density at radius 3 is 2.53 bits per heavy atom. The van der Waals surface area contributed by atoms with E-state index in [1.165, 1.54) is 11.3 Å². The summed E-state index contributed by atoms with van der Waals surface area (Å²) in [5, 5.41) is 13.8. The van der Waals surface area contributed by atoms with Crippen molar-refractivity contribution in [2.45, 2.75) is 53.3 Å². The summed E-state index contributed by atoms with van der Waals surface area (Å²) in [5.41, 5.74) is 3.70. The fraction of sp³-hybridized carbons (Fsp3) is 0.769. The SMILES string of the molecule is CCn1nc(C)c(CN(C)CCC(C)O)c1C. The van der Waals surface area contributed by atoms with Gasteiger partial charge in [0.2, 0.25) is 0 Å². The van der Waals surface area contributed by atoms with E-state index in [0.29, 0.717) is 0 Å². The van der Waals surface area contributed by atoms with E-state index >= 15 is 0 Å². The maximum absolute atomic E-state index is 9.28. The van der Waals surface area contributed by atoms with Crippen LogP contribution in [0.15, 0.2) is 0 Å². The Balaban J connectivity index is 2.64. The molecule has 98 valence electrons. The van der Waals surface area contributed by atoms with Gasteiger partial charge in [0.25, 0.3) is 0 Å². The molecule has 1 aromatic heterocycles. The summed E-state index contributed by atoms with van der Waals surface area (Å²) < 4.78 is 2.05. The first-order valence-corrected chi connectivity index (χ1v) is 6.35. The number of nitrogens with zero attached hydrogens (tertiary/aromatic N) is 3. The molecular weight excluding hydrogens is 214 g/mol. The normalized spacial score (nSPS) is 13.4. The Labute approximate surface area is 104 Å². The van der Waals surface area contributed by atoms with Crippen molar-refractivity contribution in [1.29, 1.82) is 0 Å². The van der Waals surface area contributed by atoms with Crippen LogP contribution in [0.4, 0.5) is 0 Å². The second-order valence-corrected chi connectivity index (χ2v) is 4.84. The zero-order valence-corrected chi connectivity index (χ0v) is 11.7. The van der Waals surface area contributed by atoms with Crippen LogP contribution >= 0.6 is 0 Å². The molecule has 4 nitrogen and oxygen atoms in total. The Morgan fingerprint density at radius 2 is 2.06 bits per heavy atom. The summed E-state index contributed by atoms with van der Waals surface area (Å²) in [6.07, 6.45) is 0.592. The van der Waals surface area contributed by atoms with Gasteiger partial charge in [0.05, 0.1) is 11.8 Å². The van der Waals surface area contributed by atoms with Crippen LogP contribution in [0.1, 0.15) is 37.2 Å². The summed E-state index contributed by atoms with van der Waals surface area (Å²) >= 11 is 0. The van der Waals surface area contributed by atoms with Crippen LogP contribution in [-0.2, 0) is 13.1 Å². The molecule has 0 radical (unpaired) electrons. The van der Waals surface area contributed by atoms with Gasteiger partial charge in [0.1, 0.15) is 0 Å². The minimum Gasteiger partial charge on any atom is -0.393 e. The smallest absolute Gasteiger partial charge is 0.0641 e. The monoisotopic (exact) mass is 239 g/mol. The number of aryl methyl sites for hydroxylation is 2. The van der Waals surface area contributed by atoms with E-state index in [4.69, 9.17) is 0 Å². The van der Waals surface area contributed by atoms with Gasteiger partial charge in [0.15, 0.2) is 0 Å². The van der Waals surface area contributed by atoms with Crippen molar-refractivity contribution in [3.05, 3.63) is 17.0 Å². The molecule has 17 heavy (non-hydrogen) atoms. The number of hydrogen-bond donors (Lipinski definition) is 1. The van der Waals surface area contributed by atoms with Crippen LogP contribution < -0.4 is 0 Å². The summed E-state index contributed by atoms with van der Waals surface area (Å²) in [6.45, 7) is 10.9. The molecule has 0 aliphatic rings. The molecule has 1 aromatic rings. The van der Waals surface area contributed by atoms with Crippen LogP contribution in [0.3, 0.4) is 0 Å². The lowest BCUT2D eigenvalue weighted by molar-refractivity contribution is 0.163. The molecule has 0 amide bonds. The molecule has 1 atom stereocenters. The van der Waals surface area contributed by atoms with Crippen molar-refractivity contribution in [2.75, 3.05) is 13.6 Å². The van der Waals surface area contributed by atoms with Gasteiger partial charge in [-0.2, -0.15) is 5.10 Å².